The van der Waals surface area contributed by atoms with Crippen molar-refractivity contribution in [1.82, 2.24) is 9.21 Å². The zero-order valence-corrected chi connectivity index (χ0v) is 19.5. The van der Waals surface area contributed by atoms with Gasteiger partial charge >= 0.3 is 0 Å². The lowest BCUT2D eigenvalue weighted by Gasteiger charge is -2.34. The molecule has 2 aromatic carbocycles. The third-order valence-corrected chi connectivity index (χ3v) is 7.87. The Bertz CT molecular complexity index is 1040. The first-order valence-corrected chi connectivity index (χ1v) is 11.8. The predicted octanol–water partition coefficient (Wildman–Crippen LogP) is 3.86. The van der Waals surface area contributed by atoms with Gasteiger partial charge in [0.15, 0.2) is 0 Å². The van der Waals surface area contributed by atoms with E-state index in [1.165, 1.54) is 4.31 Å². The van der Waals surface area contributed by atoms with Gasteiger partial charge in [-0.15, -0.1) is 0 Å². The van der Waals surface area contributed by atoms with Crippen molar-refractivity contribution in [2.45, 2.75) is 25.7 Å². The maximum absolute atomic E-state index is 13.2. The monoisotopic (exact) mass is 469 g/mol. The van der Waals surface area contributed by atoms with Gasteiger partial charge in [0.25, 0.3) is 0 Å². The number of hydrogen-bond acceptors (Lipinski definition) is 4. The maximum Gasteiger partial charge on any atom is 0.243 e. The van der Waals surface area contributed by atoms with Gasteiger partial charge in [-0.3, -0.25) is 9.69 Å². The molecular weight excluding hydrogens is 445 g/mol. The molecule has 1 fully saturated rings. The van der Waals surface area contributed by atoms with Crippen LogP contribution in [-0.4, -0.2) is 56.3 Å². The Kier molecular flexibility index (Phi) is 7.09. The molecule has 0 saturated carbocycles. The molecule has 2 aromatic rings. The van der Waals surface area contributed by atoms with Crippen LogP contribution < -0.4 is 5.32 Å². The van der Waals surface area contributed by atoms with Crippen molar-refractivity contribution in [3.63, 3.8) is 0 Å². The summed E-state index contributed by atoms with van der Waals surface area (Å²) in [5.74, 6) is -0.222. The van der Waals surface area contributed by atoms with Gasteiger partial charge in [0.2, 0.25) is 15.9 Å². The highest BCUT2D eigenvalue weighted by Gasteiger charge is 2.31. The molecule has 1 aliphatic heterocycles. The zero-order valence-electron chi connectivity index (χ0n) is 17.2. The van der Waals surface area contributed by atoms with E-state index in [4.69, 9.17) is 23.2 Å². The molecule has 1 N–H and O–H groups in total. The molecule has 0 bridgehead atoms. The van der Waals surface area contributed by atoms with Gasteiger partial charge in [-0.1, -0.05) is 40.9 Å². The van der Waals surface area contributed by atoms with Crippen LogP contribution in [0.1, 0.15) is 16.7 Å². The summed E-state index contributed by atoms with van der Waals surface area (Å²) >= 11 is 12.0. The number of nitrogens with zero attached hydrogens (tertiary/aromatic N) is 2. The molecule has 0 aromatic heterocycles. The third-order valence-electron chi connectivity index (χ3n) is 5.10. The van der Waals surface area contributed by atoms with Crippen LogP contribution in [0.4, 0.5) is 5.69 Å². The lowest BCUT2D eigenvalue weighted by atomic mass is 10.1. The minimum absolute atomic E-state index is 0.152. The Hall–Kier alpha value is -1.64. The number of anilines is 1. The van der Waals surface area contributed by atoms with E-state index < -0.39 is 10.0 Å². The Morgan fingerprint density at radius 3 is 2.20 bits per heavy atom. The molecule has 1 amide bonds. The van der Waals surface area contributed by atoms with Crippen molar-refractivity contribution in [3.8, 4) is 0 Å². The fourth-order valence-corrected chi connectivity index (χ4v) is 5.99. The van der Waals surface area contributed by atoms with E-state index in [0.29, 0.717) is 46.8 Å². The van der Waals surface area contributed by atoms with Gasteiger partial charge in [0.1, 0.15) is 0 Å². The molecule has 0 unspecified atom stereocenters. The first kappa shape index (κ1) is 23.0. The average molecular weight is 470 g/mol. The number of halogens is 2. The molecule has 3 rings (SSSR count). The molecule has 0 aliphatic carbocycles. The van der Waals surface area contributed by atoms with Crippen molar-refractivity contribution in [2.24, 2.45) is 0 Å². The van der Waals surface area contributed by atoms with E-state index in [2.05, 4.69) is 5.32 Å². The van der Waals surface area contributed by atoms with Crippen molar-refractivity contribution in [3.05, 3.63) is 57.1 Å². The molecule has 0 radical (unpaired) electrons. The lowest BCUT2D eigenvalue weighted by molar-refractivity contribution is -0.117. The smallest absolute Gasteiger partial charge is 0.243 e. The number of nitrogens with one attached hydrogen (secondary N) is 1. The second-order valence-corrected chi connectivity index (χ2v) is 10.3. The Morgan fingerprint density at radius 1 is 1.00 bits per heavy atom. The number of sulfonamides is 1. The van der Waals surface area contributed by atoms with Crippen LogP contribution >= 0.6 is 23.2 Å². The normalized spacial score (nSPS) is 15.9. The number of carbonyl (C=O) groups excluding carboxylic acids is 1. The van der Waals surface area contributed by atoms with Gasteiger partial charge in [-0.05, 0) is 50.1 Å². The second-order valence-electron chi connectivity index (χ2n) is 7.58. The fourth-order valence-electron chi connectivity index (χ4n) is 3.82. The number of carbonyl (C=O) groups is 1. The van der Waals surface area contributed by atoms with Crippen LogP contribution in [0.5, 0.6) is 0 Å². The summed E-state index contributed by atoms with van der Waals surface area (Å²) in [6, 6.07) is 8.65. The van der Waals surface area contributed by atoms with Gasteiger partial charge in [0.05, 0.1) is 22.2 Å². The minimum Gasteiger partial charge on any atom is -0.324 e. The Balaban J connectivity index is 1.62. The summed E-state index contributed by atoms with van der Waals surface area (Å²) in [6.45, 7) is 7.37. The molecule has 0 spiro atoms. The summed E-state index contributed by atoms with van der Waals surface area (Å²) in [4.78, 5) is 14.7. The highest BCUT2D eigenvalue weighted by Crippen LogP contribution is 2.27. The average Bonchev–Trinajstić information content (AvgIpc) is 2.64. The molecule has 1 aliphatic rings. The Labute approximate surface area is 187 Å². The van der Waals surface area contributed by atoms with Gasteiger partial charge in [-0.25, -0.2) is 8.42 Å². The Morgan fingerprint density at radius 2 is 1.60 bits per heavy atom. The number of amides is 1. The van der Waals surface area contributed by atoms with Crippen LogP contribution in [-0.2, 0) is 14.8 Å². The fraction of sp³-hybridized carbons (Fsp3) is 0.381. The highest BCUT2D eigenvalue weighted by atomic mass is 35.5. The van der Waals surface area contributed by atoms with Gasteiger partial charge in [-0.2, -0.15) is 4.31 Å². The molecule has 6 nitrogen and oxygen atoms in total. The van der Waals surface area contributed by atoms with Crippen molar-refractivity contribution < 1.29 is 13.2 Å². The second kappa shape index (κ2) is 9.24. The lowest BCUT2D eigenvalue weighted by Crippen LogP contribution is -2.50. The zero-order chi connectivity index (χ0) is 22.1. The first-order chi connectivity index (χ1) is 14.1. The van der Waals surface area contributed by atoms with Crippen LogP contribution in [0.3, 0.4) is 0 Å². The van der Waals surface area contributed by atoms with Crippen LogP contribution in [0.2, 0.25) is 10.0 Å². The molecule has 162 valence electrons. The van der Waals surface area contributed by atoms with E-state index in [-0.39, 0.29) is 12.5 Å². The number of aryl methyl sites for hydroxylation is 3. The molecule has 1 saturated heterocycles. The first-order valence-electron chi connectivity index (χ1n) is 9.63. The molecule has 0 atom stereocenters. The number of rotatable bonds is 5. The van der Waals surface area contributed by atoms with Crippen LogP contribution in [0.25, 0.3) is 0 Å². The summed E-state index contributed by atoms with van der Waals surface area (Å²) in [5, 5.41) is 3.65. The van der Waals surface area contributed by atoms with Gasteiger partial charge < -0.3 is 5.32 Å². The largest absolute Gasteiger partial charge is 0.324 e. The standard InChI is InChI=1S/C21H25Cl2N3O3S/c1-14-10-15(2)21(16(3)11-14)30(28,29)26-8-6-25(7-9-26)13-20(27)24-19-12-17(22)4-5-18(19)23/h4-5,10-12H,6-9,13H2,1-3H3,(H,24,27). The molecule has 9 heteroatoms. The van der Waals surface area contributed by atoms with Gasteiger partial charge in [0, 0.05) is 31.2 Å². The molecule has 1 heterocycles. The van der Waals surface area contributed by atoms with Crippen LogP contribution in [0, 0.1) is 20.8 Å². The summed E-state index contributed by atoms with van der Waals surface area (Å²) in [5.41, 5.74) is 3.01. The summed E-state index contributed by atoms with van der Waals surface area (Å²) < 4.78 is 27.9. The van der Waals surface area contributed by atoms with Crippen molar-refractivity contribution in [2.75, 3.05) is 38.0 Å². The predicted molar refractivity (Wildman–Crippen MR) is 121 cm³/mol. The summed E-state index contributed by atoms with van der Waals surface area (Å²) in [7, 11) is -3.58. The third kappa shape index (κ3) is 5.15. The van der Waals surface area contributed by atoms with E-state index in [1.807, 2.05) is 37.8 Å². The molecule has 30 heavy (non-hydrogen) atoms. The quantitative estimate of drug-likeness (QED) is 0.721. The minimum atomic E-state index is -3.58. The maximum atomic E-state index is 13.2. The van der Waals surface area contributed by atoms with E-state index in [0.717, 1.165) is 16.7 Å². The highest BCUT2D eigenvalue weighted by molar-refractivity contribution is 7.89. The van der Waals surface area contributed by atoms with E-state index >= 15 is 0 Å². The van der Waals surface area contributed by atoms with Crippen molar-refractivity contribution >= 4 is 44.8 Å². The van der Waals surface area contributed by atoms with Crippen LogP contribution in [0.15, 0.2) is 35.2 Å². The van der Waals surface area contributed by atoms with E-state index in [9.17, 15) is 13.2 Å². The summed E-state index contributed by atoms with van der Waals surface area (Å²) in [6.07, 6.45) is 0. The van der Waals surface area contributed by atoms with E-state index in [1.54, 1.807) is 18.2 Å². The number of benzene rings is 2. The SMILES string of the molecule is Cc1cc(C)c(S(=O)(=O)N2CCN(CC(=O)Nc3cc(Cl)ccc3Cl)CC2)c(C)c1. The van der Waals surface area contributed by atoms with Crippen molar-refractivity contribution in [1.29, 1.82) is 0 Å². The number of hydrogen-bond donors (Lipinski definition) is 1. The number of piperazine rings is 1. The topological polar surface area (TPSA) is 69.7 Å². The molecular formula is C21H25Cl2N3O3S.